The second kappa shape index (κ2) is 4.42. The minimum Gasteiger partial charge on any atom is -0.364 e. The molecule has 0 aromatic carbocycles. The van der Waals surface area contributed by atoms with Crippen LogP contribution in [0.5, 0.6) is 0 Å². The third-order valence-corrected chi connectivity index (χ3v) is 5.30. The highest BCUT2D eigenvalue weighted by atomic mass is 32.1. The number of nitrogens with one attached hydrogen (secondary N) is 1. The molecule has 5 heterocycles. The molecule has 0 unspecified atom stereocenters. The average Bonchev–Trinajstić information content (AvgIpc) is 2.88. The van der Waals surface area contributed by atoms with Crippen molar-refractivity contribution < 1.29 is 0 Å². The smallest absolute Gasteiger partial charge is 0.148 e. The molecule has 3 fully saturated rings. The van der Waals surface area contributed by atoms with Crippen LogP contribution < -0.4 is 5.32 Å². The number of hydrogen-bond donors (Lipinski definition) is 1. The Kier molecular flexibility index (Phi) is 2.70. The summed E-state index contributed by atoms with van der Waals surface area (Å²) in [6.07, 6.45) is 2.66. The normalized spacial score (nSPS) is 29.8. The van der Waals surface area contributed by atoms with Gasteiger partial charge >= 0.3 is 0 Å². The third kappa shape index (κ3) is 2.01. The summed E-state index contributed by atoms with van der Waals surface area (Å²) in [6, 6.07) is 2.64. The summed E-state index contributed by atoms with van der Waals surface area (Å²) < 4.78 is 1.20. The molecular formula is C14H18N4S. The van der Waals surface area contributed by atoms with Crippen molar-refractivity contribution >= 4 is 27.4 Å². The molecule has 2 aromatic rings. The van der Waals surface area contributed by atoms with Crippen LogP contribution in [-0.4, -0.2) is 40.5 Å². The van der Waals surface area contributed by atoms with Gasteiger partial charge in [0.05, 0.1) is 10.2 Å². The van der Waals surface area contributed by atoms with Crippen molar-refractivity contribution in [2.45, 2.75) is 25.8 Å². The number of piperidine rings is 3. The van der Waals surface area contributed by atoms with Crippen LogP contribution in [0.2, 0.25) is 0 Å². The fraction of sp³-hybridized carbons (Fsp3) is 0.571. The second-order valence-corrected chi connectivity index (χ2v) is 6.56. The van der Waals surface area contributed by atoms with Crippen molar-refractivity contribution in [2.75, 3.05) is 25.0 Å². The fourth-order valence-electron chi connectivity index (χ4n) is 3.38. The molecule has 1 atom stereocenters. The van der Waals surface area contributed by atoms with Crippen LogP contribution in [0, 0.1) is 12.8 Å². The zero-order valence-electron chi connectivity index (χ0n) is 11.1. The summed E-state index contributed by atoms with van der Waals surface area (Å²) >= 11 is 1.73. The average molecular weight is 274 g/mol. The molecule has 19 heavy (non-hydrogen) atoms. The summed E-state index contributed by atoms with van der Waals surface area (Å²) in [5, 5.41) is 5.80. The first-order valence-corrected chi connectivity index (χ1v) is 7.88. The Hall–Kier alpha value is -1.20. The Morgan fingerprint density at radius 1 is 1.32 bits per heavy atom. The van der Waals surface area contributed by atoms with Gasteiger partial charge in [-0.05, 0) is 50.2 Å². The molecule has 5 rings (SSSR count). The molecule has 0 spiro atoms. The van der Waals surface area contributed by atoms with E-state index in [2.05, 4.69) is 31.6 Å². The van der Waals surface area contributed by atoms with Crippen LogP contribution in [0.4, 0.5) is 5.82 Å². The van der Waals surface area contributed by atoms with Gasteiger partial charge in [0.1, 0.15) is 11.6 Å². The number of nitrogens with zero attached hydrogens (tertiary/aromatic N) is 3. The fourth-order valence-corrected chi connectivity index (χ4v) is 4.17. The van der Waals surface area contributed by atoms with E-state index < -0.39 is 0 Å². The van der Waals surface area contributed by atoms with E-state index in [-0.39, 0.29) is 0 Å². The largest absolute Gasteiger partial charge is 0.364 e. The van der Waals surface area contributed by atoms with Crippen molar-refractivity contribution in [3.8, 4) is 0 Å². The van der Waals surface area contributed by atoms with E-state index >= 15 is 0 Å². The molecular weight excluding hydrogens is 256 g/mol. The Bertz CT molecular complexity index is 601. The van der Waals surface area contributed by atoms with Gasteiger partial charge in [-0.25, -0.2) is 9.97 Å². The lowest BCUT2D eigenvalue weighted by atomic mass is 9.84. The molecule has 1 N–H and O–H groups in total. The van der Waals surface area contributed by atoms with Crippen LogP contribution in [0.25, 0.3) is 10.2 Å². The van der Waals surface area contributed by atoms with E-state index in [9.17, 15) is 0 Å². The predicted octanol–water partition coefficient (Wildman–Crippen LogP) is 2.51. The molecule has 0 amide bonds. The van der Waals surface area contributed by atoms with Gasteiger partial charge in [-0.3, -0.25) is 0 Å². The molecule has 4 nitrogen and oxygen atoms in total. The first-order valence-electron chi connectivity index (χ1n) is 7.00. The summed E-state index contributed by atoms with van der Waals surface area (Å²) in [4.78, 5) is 11.7. The van der Waals surface area contributed by atoms with Crippen molar-refractivity contribution in [1.82, 2.24) is 14.9 Å². The quantitative estimate of drug-likeness (QED) is 0.913. The Morgan fingerprint density at radius 2 is 2.16 bits per heavy atom. The standard InChI is InChI=1S/C14H18N4S/c1-9-15-11-4-7-19-13(11)14(16-9)17-12-8-18-5-2-10(12)3-6-18/h4,7,10,12H,2-3,5-6,8H2,1H3,(H,15,16,17)/t12-/m1/s1. The minimum absolute atomic E-state index is 0.558. The molecule has 3 aliphatic rings. The first kappa shape index (κ1) is 11.6. The number of anilines is 1. The van der Waals surface area contributed by atoms with Crippen LogP contribution in [0.3, 0.4) is 0 Å². The van der Waals surface area contributed by atoms with Gasteiger partial charge in [-0.1, -0.05) is 0 Å². The monoisotopic (exact) mass is 274 g/mol. The number of aryl methyl sites for hydroxylation is 1. The lowest BCUT2D eigenvalue weighted by Gasteiger charge is -2.45. The van der Waals surface area contributed by atoms with Gasteiger partial charge in [-0.2, -0.15) is 0 Å². The summed E-state index contributed by atoms with van der Waals surface area (Å²) in [7, 11) is 0. The zero-order chi connectivity index (χ0) is 12.8. The molecule has 100 valence electrons. The number of aromatic nitrogens is 2. The van der Waals surface area contributed by atoms with E-state index in [1.807, 2.05) is 6.92 Å². The Morgan fingerprint density at radius 3 is 2.89 bits per heavy atom. The predicted molar refractivity (Wildman–Crippen MR) is 78.7 cm³/mol. The first-order chi connectivity index (χ1) is 9.29. The molecule has 3 aliphatic heterocycles. The van der Waals surface area contributed by atoms with Gasteiger partial charge in [0.15, 0.2) is 0 Å². The number of rotatable bonds is 2. The van der Waals surface area contributed by atoms with Gasteiger partial charge < -0.3 is 10.2 Å². The van der Waals surface area contributed by atoms with E-state index in [1.54, 1.807) is 11.3 Å². The summed E-state index contributed by atoms with van der Waals surface area (Å²) in [6.45, 7) is 5.69. The Labute approximate surface area is 116 Å². The van der Waals surface area contributed by atoms with Crippen molar-refractivity contribution in [2.24, 2.45) is 5.92 Å². The zero-order valence-corrected chi connectivity index (χ0v) is 11.9. The van der Waals surface area contributed by atoms with E-state index in [0.29, 0.717) is 6.04 Å². The highest BCUT2D eigenvalue weighted by Crippen LogP contribution is 2.32. The molecule has 0 aliphatic carbocycles. The number of thiophene rings is 1. The van der Waals surface area contributed by atoms with E-state index in [4.69, 9.17) is 0 Å². The molecule has 0 radical (unpaired) electrons. The van der Waals surface area contributed by atoms with E-state index in [1.165, 1.54) is 37.2 Å². The topological polar surface area (TPSA) is 41.1 Å². The highest BCUT2D eigenvalue weighted by molar-refractivity contribution is 7.17. The minimum atomic E-state index is 0.558. The van der Waals surface area contributed by atoms with Crippen LogP contribution in [-0.2, 0) is 0 Å². The number of fused-ring (bicyclic) bond motifs is 4. The maximum absolute atomic E-state index is 4.62. The lowest BCUT2D eigenvalue weighted by Crippen LogP contribution is -2.53. The van der Waals surface area contributed by atoms with Gasteiger partial charge in [0.2, 0.25) is 0 Å². The lowest BCUT2D eigenvalue weighted by molar-refractivity contribution is 0.0974. The van der Waals surface area contributed by atoms with Gasteiger partial charge in [0.25, 0.3) is 0 Å². The molecule has 0 saturated carbocycles. The molecule has 2 aromatic heterocycles. The van der Waals surface area contributed by atoms with Crippen LogP contribution in [0.1, 0.15) is 18.7 Å². The maximum atomic E-state index is 4.62. The SMILES string of the molecule is Cc1nc(N[C@@H]2CN3CCC2CC3)c2sccc2n1. The summed E-state index contributed by atoms with van der Waals surface area (Å²) in [5.74, 6) is 2.71. The highest BCUT2D eigenvalue weighted by Gasteiger charge is 2.34. The van der Waals surface area contributed by atoms with Crippen LogP contribution >= 0.6 is 11.3 Å². The van der Waals surface area contributed by atoms with E-state index in [0.717, 1.165) is 23.1 Å². The molecule has 3 saturated heterocycles. The third-order valence-electron chi connectivity index (χ3n) is 4.39. The van der Waals surface area contributed by atoms with Crippen molar-refractivity contribution in [3.05, 3.63) is 17.3 Å². The number of hydrogen-bond acceptors (Lipinski definition) is 5. The van der Waals surface area contributed by atoms with Crippen molar-refractivity contribution in [1.29, 1.82) is 0 Å². The Balaban J connectivity index is 1.66. The van der Waals surface area contributed by atoms with Crippen molar-refractivity contribution in [3.63, 3.8) is 0 Å². The van der Waals surface area contributed by atoms with Crippen LogP contribution in [0.15, 0.2) is 11.4 Å². The van der Waals surface area contributed by atoms with Gasteiger partial charge in [0, 0.05) is 12.6 Å². The maximum Gasteiger partial charge on any atom is 0.148 e. The second-order valence-electron chi connectivity index (χ2n) is 5.64. The molecule has 5 heteroatoms. The van der Waals surface area contributed by atoms with Gasteiger partial charge in [-0.15, -0.1) is 11.3 Å². The molecule has 2 bridgehead atoms. The summed E-state index contributed by atoms with van der Waals surface area (Å²) in [5.41, 5.74) is 1.07.